The molecule has 0 aromatic heterocycles. The standard InChI is InChI=1S/C19H21Cl2N3O/c1-13-6-7-14(16(21)12-13)19(25)22-17-5-3-4-15(20)18(17)24-10-8-23(2)9-11-24/h3-7,12H,8-11H2,1-2H3,(H,22,25). The zero-order chi connectivity index (χ0) is 18.0. The highest BCUT2D eigenvalue weighted by Crippen LogP contribution is 2.35. The number of rotatable bonds is 3. The van der Waals surface area contributed by atoms with E-state index in [1.807, 2.05) is 31.2 Å². The second kappa shape index (κ2) is 7.65. The molecule has 4 nitrogen and oxygen atoms in total. The molecule has 0 saturated carbocycles. The lowest BCUT2D eigenvalue weighted by Crippen LogP contribution is -2.44. The summed E-state index contributed by atoms with van der Waals surface area (Å²) in [6.07, 6.45) is 0. The Morgan fingerprint density at radius 2 is 1.76 bits per heavy atom. The van der Waals surface area contributed by atoms with Crippen LogP contribution in [0.4, 0.5) is 11.4 Å². The first-order valence-corrected chi connectivity index (χ1v) is 9.01. The number of hydrogen-bond donors (Lipinski definition) is 1. The van der Waals surface area contributed by atoms with E-state index in [0.717, 1.165) is 37.4 Å². The van der Waals surface area contributed by atoms with Crippen molar-refractivity contribution in [1.29, 1.82) is 0 Å². The predicted octanol–water partition coefficient (Wildman–Crippen LogP) is 4.31. The topological polar surface area (TPSA) is 35.6 Å². The molecule has 1 aliphatic heterocycles. The van der Waals surface area contributed by atoms with Crippen LogP contribution in [-0.2, 0) is 0 Å². The van der Waals surface area contributed by atoms with E-state index in [4.69, 9.17) is 23.2 Å². The third-order valence-corrected chi connectivity index (χ3v) is 5.04. The quantitative estimate of drug-likeness (QED) is 0.865. The Balaban J connectivity index is 1.87. The Morgan fingerprint density at radius 1 is 1.04 bits per heavy atom. The minimum absolute atomic E-state index is 0.234. The Kier molecular flexibility index (Phi) is 5.52. The number of halogens is 2. The molecule has 0 atom stereocenters. The van der Waals surface area contributed by atoms with Crippen molar-refractivity contribution in [2.24, 2.45) is 0 Å². The molecular formula is C19H21Cl2N3O. The Hall–Kier alpha value is -1.75. The molecule has 132 valence electrons. The molecule has 6 heteroatoms. The lowest BCUT2D eigenvalue weighted by Gasteiger charge is -2.35. The number of likely N-dealkylation sites (N-methyl/N-ethyl adjacent to an activating group) is 1. The minimum Gasteiger partial charge on any atom is -0.366 e. The molecule has 2 aromatic rings. The molecule has 2 aromatic carbocycles. The van der Waals surface area contributed by atoms with Crippen molar-refractivity contribution in [3.05, 3.63) is 57.6 Å². The van der Waals surface area contributed by atoms with Crippen LogP contribution in [0, 0.1) is 6.92 Å². The first kappa shape index (κ1) is 18.1. The lowest BCUT2D eigenvalue weighted by atomic mass is 10.1. The van der Waals surface area contributed by atoms with Crippen LogP contribution in [0.1, 0.15) is 15.9 Å². The SMILES string of the molecule is Cc1ccc(C(=O)Nc2cccc(Cl)c2N2CCN(C)CC2)c(Cl)c1. The molecule has 0 bridgehead atoms. The molecule has 25 heavy (non-hydrogen) atoms. The van der Waals surface area contributed by atoms with Crippen molar-refractivity contribution in [1.82, 2.24) is 4.90 Å². The fourth-order valence-electron chi connectivity index (χ4n) is 2.96. The van der Waals surface area contributed by atoms with Gasteiger partial charge in [0.2, 0.25) is 0 Å². The molecule has 1 N–H and O–H groups in total. The van der Waals surface area contributed by atoms with Gasteiger partial charge in [-0.05, 0) is 43.8 Å². The van der Waals surface area contributed by atoms with E-state index in [-0.39, 0.29) is 5.91 Å². The van der Waals surface area contributed by atoms with Crippen LogP contribution in [0.2, 0.25) is 10.0 Å². The summed E-state index contributed by atoms with van der Waals surface area (Å²) in [4.78, 5) is 17.2. The summed E-state index contributed by atoms with van der Waals surface area (Å²) in [5, 5.41) is 4.05. The van der Waals surface area contributed by atoms with Crippen LogP contribution in [0.5, 0.6) is 0 Å². The van der Waals surface area contributed by atoms with Crippen molar-refractivity contribution in [3.63, 3.8) is 0 Å². The van der Waals surface area contributed by atoms with Gasteiger partial charge in [-0.2, -0.15) is 0 Å². The van der Waals surface area contributed by atoms with E-state index in [1.54, 1.807) is 12.1 Å². The average Bonchev–Trinajstić information content (AvgIpc) is 2.56. The fraction of sp³-hybridized carbons (Fsp3) is 0.316. The lowest BCUT2D eigenvalue weighted by molar-refractivity contribution is 0.102. The van der Waals surface area contributed by atoms with Crippen molar-refractivity contribution in [2.75, 3.05) is 43.4 Å². The van der Waals surface area contributed by atoms with Crippen molar-refractivity contribution < 1.29 is 4.79 Å². The maximum atomic E-state index is 12.7. The van der Waals surface area contributed by atoms with Gasteiger partial charge < -0.3 is 15.1 Å². The van der Waals surface area contributed by atoms with E-state index in [2.05, 4.69) is 22.2 Å². The maximum absolute atomic E-state index is 12.7. The monoisotopic (exact) mass is 377 g/mol. The smallest absolute Gasteiger partial charge is 0.257 e. The number of carbonyl (C=O) groups excluding carboxylic acids is 1. The van der Waals surface area contributed by atoms with Gasteiger partial charge in [-0.1, -0.05) is 35.3 Å². The van der Waals surface area contributed by atoms with Gasteiger partial charge in [0.05, 0.1) is 27.0 Å². The number of nitrogens with one attached hydrogen (secondary N) is 1. The summed E-state index contributed by atoms with van der Waals surface area (Å²) in [6.45, 7) is 5.60. The highest BCUT2D eigenvalue weighted by atomic mass is 35.5. The molecule has 0 spiro atoms. The summed E-state index contributed by atoms with van der Waals surface area (Å²) >= 11 is 12.7. The average molecular weight is 378 g/mol. The molecule has 1 fully saturated rings. The van der Waals surface area contributed by atoms with E-state index in [1.165, 1.54) is 0 Å². The molecule has 3 rings (SSSR count). The number of piperazine rings is 1. The summed E-state index contributed by atoms with van der Waals surface area (Å²) in [5.41, 5.74) is 3.05. The number of benzene rings is 2. The zero-order valence-corrected chi connectivity index (χ0v) is 15.9. The molecule has 1 aliphatic rings. The third kappa shape index (κ3) is 4.09. The summed E-state index contributed by atoms with van der Waals surface area (Å²) in [5.74, 6) is -0.234. The second-order valence-electron chi connectivity index (χ2n) is 6.36. The molecule has 0 radical (unpaired) electrons. The number of anilines is 2. The molecule has 0 aliphatic carbocycles. The van der Waals surface area contributed by atoms with Gasteiger partial charge >= 0.3 is 0 Å². The van der Waals surface area contributed by atoms with E-state index < -0.39 is 0 Å². The van der Waals surface area contributed by atoms with Gasteiger partial charge in [0.15, 0.2) is 0 Å². The molecule has 1 saturated heterocycles. The predicted molar refractivity (Wildman–Crippen MR) is 105 cm³/mol. The number of para-hydroxylation sites is 1. The zero-order valence-electron chi connectivity index (χ0n) is 14.4. The van der Waals surface area contributed by atoms with Crippen LogP contribution < -0.4 is 10.2 Å². The maximum Gasteiger partial charge on any atom is 0.257 e. The summed E-state index contributed by atoms with van der Waals surface area (Å²) in [6, 6.07) is 11.0. The number of hydrogen-bond acceptors (Lipinski definition) is 3. The van der Waals surface area contributed by atoms with Crippen molar-refractivity contribution in [3.8, 4) is 0 Å². The number of aryl methyl sites for hydroxylation is 1. The Labute approximate surface area is 158 Å². The summed E-state index contributed by atoms with van der Waals surface area (Å²) < 4.78 is 0. The highest BCUT2D eigenvalue weighted by Gasteiger charge is 2.21. The van der Waals surface area contributed by atoms with Gasteiger partial charge in [-0.25, -0.2) is 0 Å². The normalized spacial score (nSPS) is 15.3. The molecule has 1 heterocycles. The van der Waals surface area contributed by atoms with Crippen LogP contribution >= 0.6 is 23.2 Å². The first-order chi connectivity index (χ1) is 12.0. The number of amides is 1. The van der Waals surface area contributed by atoms with Crippen molar-refractivity contribution >= 4 is 40.5 Å². The Morgan fingerprint density at radius 3 is 2.44 bits per heavy atom. The second-order valence-corrected chi connectivity index (χ2v) is 7.18. The third-order valence-electron chi connectivity index (χ3n) is 4.42. The Bertz CT molecular complexity index is 786. The molecule has 1 amide bonds. The van der Waals surface area contributed by atoms with Crippen LogP contribution in [0.15, 0.2) is 36.4 Å². The number of carbonyl (C=O) groups is 1. The highest BCUT2D eigenvalue weighted by molar-refractivity contribution is 6.35. The van der Waals surface area contributed by atoms with E-state index >= 15 is 0 Å². The van der Waals surface area contributed by atoms with Gasteiger partial charge in [0, 0.05) is 26.2 Å². The summed E-state index contributed by atoms with van der Waals surface area (Å²) in [7, 11) is 2.10. The molecule has 0 unspecified atom stereocenters. The van der Waals surface area contributed by atoms with Gasteiger partial charge in [0.1, 0.15) is 0 Å². The van der Waals surface area contributed by atoms with Gasteiger partial charge in [0.25, 0.3) is 5.91 Å². The fourth-order valence-corrected chi connectivity index (χ4v) is 3.58. The van der Waals surface area contributed by atoms with Crippen LogP contribution in [0.3, 0.4) is 0 Å². The first-order valence-electron chi connectivity index (χ1n) is 8.25. The van der Waals surface area contributed by atoms with Gasteiger partial charge in [-0.15, -0.1) is 0 Å². The largest absolute Gasteiger partial charge is 0.366 e. The molecular weight excluding hydrogens is 357 g/mol. The number of nitrogens with zero attached hydrogens (tertiary/aromatic N) is 2. The van der Waals surface area contributed by atoms with Gasteiger partial charge in [-0.3, -0.25) is 4.79 Å². The minimum atomic E-state index is -0.234. The van der Waals surface area contributed by atoms with Crippen LogP contribution in [0.25, 0.3) is 0 Å². The van der Waals surface area contributed by atoms with Crippen molar-refractivity contribution in [2.45, 2.75) is 6.92 Å². The van der Waals surface area contributed by atoms with E-state index in [9.17, 15) is 4.79 Å². The van der Waals surface area contributed by atoms with Crippen LogP contribution in [-0.4, -0.2) is 44.0 Å². The van der Waals surface area contributed by atoms with E-state index in [0.29, 0.717) is 21.3 Å².